The van der Waals surface area contributed by atoms with Gasteiger partial charge in [-0.2, -0.15) is 0 Å². The lowest BCUT2D eigenvalue weighted by Gasteiger charge is -2.45. The summed E-state index contributed by atoms with van der Waals surface area (Å²) in [5.74, 6) is -0.0745. The maximum Gasteiger partial charge on any atom is 0.271 e. The number of benzene rings is 1. The monoisotopic (exact) mass is 481 g/mol. The lowest BCUT2D eigenvalue weighted by molar-refractivity contribution is -0.134. The number of thiophene rings is 1. The lowest BCUT2D eigenvalue weighted by Crippen LogP contribution is -2.64. The number of amides is 2. The smallest absolute Gasteiger partial charge is 0.271 e. The molecule has 180 valence electrons. The molecule has 0 saturated heterocycles. The van der Waals surface area contributed by atoms with Gasteiger partial charge >= 0.3 is 0 Å². The Morgan fingerprint density at radius 2 is 1.94 bits per heavy atom. The van der Waals surface area contributed by atoms with E-state index < -0.39 is 5.54 Å². The van der Waals surface area contributed by atoms with E-state index in [4.69, 9.17) is 0 Å². The van der Waals surface area contributed by atoms with Gasteiger partial charge in [-0.05, 0) is 63.1 Å². The van der Waals surface area contributed by atoms with Crippen LogP contribution in [0.5, 0.6) is 0 Å². The van der Waals surface area contributed by atoms with E-state index >= 15 is 0 Å². The summed E-state index contributed by atoms with van der Waals surface area (Å²) in [6, 6.07) is 10.7. The molecule has 0 unspecified atom stereocenters. The van der Waals surface area contributed by atoms with Gasteiger partial charge in [0.1, 0.15) is 17.1 Å². The molecule has 1 atom stereocenters. The fraction of sp³-hybridized carbons (Fsp3) is 0.481. The van der Waals surface area contributed by atoms with Gasteiger partial charge in [-0.15, -0.1) is 11.3 Å². The Hall–Kier alpha value is -2.67. The van der Waals surface area contributed by atoms with Crippen molar-refractivity contribution in [1.29, 1.82) is 0 Å². The number of hydrogen-bond acceptors (Lipinski definition) is 3. The summed E-state index contributed by atoms with van der Waals surface area (Å²) >= 11 is 1.69. The van der Waals surface area contributed by atoms with Crippen molar-refractivity contribution < 1.29 is 14.0 Å². The topological polar surface area (TPSA) is 54.3 Å². The molecule has 1 saturated carbocycles. The molecule has 1 fully saturated rings. The summed E-state index contributed by atoms with van der Waals surface area (Å²) in [6.45, 7) is 6.59. The van der Waals surface area contributed by atoms with E-state index in [0.29, 0.717) is 23.7 Å². The average Bonchev–Trinajstić information content (AvgIpc) is 3.38. The van der Waals surface area contributed by atoms with E-state index in [1.54, 1.807) is 34.4 Å². The van der Waals surface area contributed by atoms with Gasteiger partial charge in [0.2, 0.25) is 5.91 Å². The molecule has 5 rings (SSSR count). The zero-order chi connectivity index (χ0) is 24.0. The van der Waals surface area contributed by atoms with Crippen LogP contribution in [0.4, 0.5) is 4.39 Å². The van der Waals surface area contributed by atoms with Crippen molar-refractivity contribution in [1.82, 2.24) is 14.8 Å². The molecule has 7 heteroatoms. The van der Waals surface area contributed by atoms with Crippen molar-refractivity contribution in [3.63, 3.8) is 0 Å². The number of hydrogen-bond donors (Lipinski definition) is 1. The highest BCUT2D eigenvalue weighted by atomic mass is 32.1. The molecule has 1 aliphatic heterocycles. The predicted molar refractivity (Wildman–Crippen MR) is 133 cm³/mol. The molecule has 2 amide bonds. The van der Waals surface area contributed by atoms with E-state index in [2.05, 4.69) is 25.2 Å². The average molecular weight is 482 g/mol. The van der Waals surface area contributed by atoms with Crippen molar-refractivity contribution >= 4 is 33.4 Å². The summed E-state index contributed by atoms with van der Waals surface area (Å²) in [5.41, 5.74) is 0.852. The zero-order valence-electron chi connectivity index (χ0n) is 20.1. The van der Waals surface area contributed by atoms with Crippen molar-refractivity contribution in [3.8, 4) is 0 Å². The Labute approximate surface area is 203 Å². The number of nitrogens with zero attached hydrogens (tertiary/aromatic N) is 2. The molecule has 1 aromatic carbocycles. The molecule has 5 nitrogen and oxygen atoms in total. The third-order valence-corrected chi connectivity index (χ3v) is 8.86. The molecule has 1 aliphatic carbocycles. The minimum atomic E-state index is -1.13. The number of carbonyl (C=O) groups is 2. The number of nitrogens with one attached hydrogen (secondary N) is 1. The van der Waals surface area contributed by atoms with Crippen molar-refractivity contribution in [2.45, 2.75) is 77.5 Å². The standard InChI is InChI=1S/C27H32FN3O2S/c1-4-20-13-22-24(34-20)14-23-25(32)31(15-18-7-5-6-8-21(18)28)27(3,16-30(22)23)26(33)29-19-11-9-17(2)10-12-19/h5-8,13-14,17,19H,4,9-12,15-16H2,1-3H3,(H,29,33)/t17?,19?,27-/m1/s1. The van der Waals surface area contributed by atoms with Crippen LogP contribution in [0.25, 0.3) is 10.2 Å². The number of carbonyl (C=O) groups excluding carboxylic acids is 2. The fourth-order valence-corrected chi connectivity index (χ4v) is 6.39. The van der Waals surface area contributed by atoms with Gasteiger partial charge < -0.3 is 14.8 Å². The third kappa shape index (κ3) is 3.94. The second-order valence-corrected chi connectivity index (χ2v) is 11.3. The molecule has 2 aromatic heterocycles. The second kappa shape index (κ2) is 8.84. The van der Waals surface area contributed by atoms with Crippen LogP contribution in [0.15, 0.2) is 36.4 Å². The summed E-state index contributed by atoms with van der Waals surface area (Å²) in [6.07, 6.45) is 5.02. The number of halogens is 1. The lowest BCUT2D eigenvalue weighted by atomic mass is 9.86. The minimum absolute atomic E-state index is 0.0518. The number of fused-ring (bicyclic) bond motifs is 3. The van der Waals surface area contributed by atoms with E-state index in [9.17, 15) is 14.0 Å². The van der Waals surface area contributed by atoms with Crippen LogP contribution in [-0.2, 0) is 24.3 Å². The first kappa shape index (κ1) is 23.1. The van der Waals surface area contributed by atoms with E-state index in [1.807, 2.05) is 17.6 Å². The molecule has 0 bridgehead atoms. The van der Waals surface area contributed by atoms with Crippen LogP contribution in [0.3, 0.4) is 0 Å². The maximum atomic E-state index is 14.6. The number of aromatic nitrogens is 1. The van der Waals surface area contributed by atoms with Crippen LogP contribution < -0.4 is 5.32 Å². The Bertz CT molecular complexity index is 1240. The Morgan fingerprint density at radius 3 is 2.65 bits per heavy atom. The molecule has 3 aromatic rings. The maximum absolute atomic E-state index is 14.6. The fourth-order valence-electron chi connectivity index (χ4n) is 5.35. The highest BCUT2D eigenvalue weighted by Gasteiger charge is 2.48. The second-order valence-electron chi connectivity index (χ2n) is 10.1. The molecule has 3 heterocycles. The van der Waals surface area contributed by atoms with Gasteiger partial charge in [0.15, 0.2) is 0 Å². The quantitative estimate of drug-likeness (QED) is 0.522. The van der Waals surface area contributed by atoms with Crippen LogP contribution >= 0.6 is 11.3 Å². The predicted octanol–water partition coefficient (Wildman–Crippen LogP) is 5.51. The molecular formula is C27H32FN3O2S. The van der Waals surface area contributed by atoms with Gasteiger partial charge in [-0.25, -0.2) is 4.39 Å². The van der Waals surface area contributed by atoms with Crippen molar-refractivity contribution in [2.24, 2.45) is 5.92 Å². The number of aryl methyl sites for hydroxylation is 1. The van der Waals surface area contributed by atoms with E-state index in [1.165, 1.54) is 10.9 Å². The first-order chi connectivity index (χ1) is 16.3. The van der Waals surface area contributed by atoms with Gasteiger partial charge in [0.05, 0.1) is 23.3 Å². The van der Waals surface area contributed by atoms with E-state index in [0.717, 1.165) is 42.3 Å². The normalized spacial score (nSPS) is 24.9. The van der Waals surface area contributed by atoms with Crippen LogP contribution in [0.2, 0.25) is 0 Å². The van der Waals surface area contributed by atoms with Crippen LogP contribution in [0.1, 0.15) is 67.4 Å². The van der Waals surface area contributed by atoms with Crippen LogP contribution in [0, 0.1) is 11.7 Å². The van der Waals surface area contributed by atoms with Gasteiger partial charge in [-0.3, -0.25) is 9.59 Å². The molecule has 1 N–H and O–H groups in total. The van der Waals surface area contributed by atoms with Crippen molar-refractivity contribution in [2.75, 3.05) is 0 Å². The highest BCUT2D eigenvalue weighted by Crippen LogP contribution is 2.37. The van der Waals surface area contributed by atoms with Gasteiger partial charge in [0.25, 0.3) is 5.91 Å². The zero-order valence-corrected chi connectivity index (χ0v) is 20.9. The van der Waals surface area contributed by atoms with Crippen molar-refractivity contribution in [3.05, 3.63) is 58.3 Å². The van der Waals surface area contributed by atoms with Crippen LogP contribution in [-0.4, -0.2) is 32.9 Å². The SMILES string of the molecule is CCc1cc2c(cc3n2C[C@](C)(C(=O)NC2CCC(C)CC2)N(Cc2ccccc2F)C3=O)s1. The first-order valence-electron chi connectivity index (χ1n) is 12.3. The molecule has 2 aliphatic rings. The number of rotatable bonds is 5. The molecule has 0 radical (unpaired) electrons. The summed E-state index contributed by atoms with van der Waals surface area (Å²) in [5, 5.41) is 3.25. The largest absolute Gasteiger partial charge is 0.351 e. The molecule has 34 heavy (non-hydrogen) atoms. The van der Waals surface area contributed by atoms with Gasteiger partial charge in [0, 0.05) is 16.5 Å². The Kier molecular flexibility index (Phi) is 6.00. The Balaban J connectivity index is 1.53. The minimum Gasteiger partial charge on any atom is -0.351 e. The van der Waals surface area contributed by atoms with Gasteiger partial charge in [-0.1, -0.05) is 32.0 Å². The highest BCUT2D eigenvalue weighted by molar-refractivity contribution is 7.19. The molecular weight excluding hydrogens is 449 g/mol. The summed E-state index contributed by atoms with van der Waals surface area (Å²) in [7, 11) is 0. The Morgan fingerprint density at radius 1 is 1.21 bits per heavy atom. The molecule has 0 spiro atoms. The third-order valence-electron chi connectivity index (χ3n) is 7.64. The first-order valence-corrected chi connectivity index (χ1v) is 13.1. The summed E-state index contributed by atoms with van der Waals surface area (Å²) in [4.78, 5) is 30.5. The van der Waals surface area contributed by atoms with E-state index in [-0.39, 0.29) is 30.2 Å². The summed E-state index contributed by atoms with van der Waals surface area (Å²) < 4.78 is 17.6.